The summed E-state index contributed by atoms with van der Waals surface area (Å²) in [6, 6.07) is 9.24. The van der Waals surface area contributed by atoms with E-state index in [0.717, 1.165) is 17.3 Å². The van der Waals surface area contributed by atoms with E-state index >= 15 is 0 Å². The highest BCUT2D eigenvalue weighted by molar-refractivity contribution is 8.03. The van der Waals surface area contributed by atoms with Crippen LogP contribution in [0, 0.1) is 34.0 Å². The van der Waals surface area contributed by atoms with E-state index in [1.165, 1.54) is 0 Å². The highest BCUT2D eigenvalue weighted by Crippen LogP contribution is 2.41. The zero-order valence-electron chi connectivity index (χ0n) is 16.2. The van der Waals surface area contributed by atoms with Crippen molar-refractivity contribution in [1.82, 2.24) is 10.6 Å². The molecule has 9 heteroatoms. The second-order valence-corrected chi connectivity index (χ2v) is 8.27. The van der Waals surface area contributed by atoms with Crippen LogP contribution in [0.25, 0.3) is 0 Å². The van der Waals surface area contributed by atoms with E-state index in [9.17, 15) is 20.1 Å². The number of benzene rings is 1. The number of carbonyl (C=O) groups excluding carboxylic acids is 2. The van der Waals surface area contributed by atoms with Crippen molar-refractivity contribution in [1.29, 1.82) is 10.5 Å². The van der Waals surface area contributed by atoms with Gasteiger partial charge in [0, 0.05) is 5.41 Å². The van der Waals surface area contributed by atoms with E-state index in [2.05, 4.69) is 16.7 Å². The van der Waals surface area contributed by atoms with Crippen molar-refractivity contribution < 1.29 is 19.1 Å². The third kappa shape index (κ3) is 4.01. The van der Waals surface area contributed by atoms with Gasteiger partial charge in [-0.3, -0.25) is 9.59 Å². The minimum atomic E-state index is -0.957. The van der Waals surface area contributed by atoms with Crippen molar-refractivity contribution in [3.63, 3.8) is 0 Å². The van der Waals surface area contributed by atoms with E-state index in [-0.39, 0.29) is 24.5 Å². The van der Waals surface area contributed by atoms with Gasteiger partial charge in [-0.15, -0.1) is 0 Å². The first-order valence-corrected chi connectivity index (χ1v) is 9.93. The van der Waals surface area contributed by atoms with Crippen LogP contribution in [0.4, 0.5) is 0 Å². The number of ether oxygens (including phenoxy) is 2. The third-order valence-electron chi connectivity index (χ3n) is 4.95. The molecule has 0 saturated carbocycles. The standard InChI is InChI=1S/C20H20N4O4S/c1-11(12-4-5-15-16(6-12)28-10-27-15)23-17(25)9-29-19-14(8-22)20(2,3)13(7-21)18(26)24-19/h4-6,11,13H,9-10H2,1-3H3,(H,23,25)(H,24,26)/t11-,13+/m0/s1. The molecular weight excluding hydrogens is 392 g/mol. The van der Waals surface area contributed by atoms with Gasteiger partial charge in [-0.1, -0.05) is 31.7 Å². The summed E-state index contributed by atoms with van der Waals surface area (Å²) in [7, 11) is 0. The maximum atomic E-state index is 12.4. The van der Waals surface area contributed by atoms with Crippen LogP contribution < -0.4 is 20.1 Å². The maximum Gasteiger partial charge on any atom is 0.243 e. The van der Waals surface area contributed by atoms with E-state index in [0.29, 0.717) is 22.1 Å². The number of nitrogens with one attached hydrogen (secondary N) is 2. The smallest absolute Gasteiger partial charge is 0.243 e. The third-order valence-corrected chi connectivity index (χ3v) is 5.96. The fourth-order valence-electron chi connectivity index (χ4n) is 3.22. The molecule has 0 fully saturated rings. The van der Waals surface area contributed by atoms with E-state index < -0.39 is 17.2 Å². The SMILES string of the molecule is C[C@H](NC(=O)CSC1=C(C#N)C(C)(C)[C@H](C#N)C(=O)N1)c1ccc2c(c1)OCO2. The van der Waals surface area contributed by atoms with E-state index in [1.807, 2.05) is 25.1 Å². The number of nitrogens with zero attached hydrogens (tertiary/aromatic N) is 2. The lowest BCUT2D eigenvalue weighted by atomic mass is 9.72. The molecule has 2 heterocycles. The molecule has 8 nitrogen and oxygen atoms in total. The number of thioether (sulfide) groups is 1. The van der Waals surface area contributed by atoms with Gasteiger partial charge in [-0.05, 0) is 24.6 Å². The lowest BCUT2D eigenvalue weighted by Gasteiger charge is -2.34. The molecule has 0 aliphatic carbocycles. The number of carbonyl (C=O) groups is 2. The Kier molecular flexibility index (Phi) is 5.71. The van der Waals surface area contributed by atoms with Gasteiger partial charge in [0.15, 0.2) is 11.5 Å². The van der Waals surface area contributed by atoms with Gasteiger partial charge < -0.3 is 20.1 Å². The summed E-state index contributed by atoms with van der Waals surface area (Å²) in [6.07, 6.45) is 0. The molecule has 0 spiro atoms. The normalized spacial score (nSPS) is 20.3. The van der Waals surface area contributed by atoms with Gasteiger partial charge in [-0.25, -0.2) is 0 Å². The Hall–Kier alpha value is -3.17. The number of nitriles is 2. The van der Waals surface area contributed by atoms with Crippen molar-refractivity contribution >= 4 is 23.6 Å². The summed E-state index contributed by atoms with van der Waals surface area (Å²) in [5, 5.41) is 24.6. The van der Waals surface area contributed by atoms with Crippen LogP contribution in [-0.2, 0) is 9.59 Å². The molecule has 29 heavy (non-hydrogen) atoms. The molecule has 2 atom stereocenters. The van der Waals surface area contributed by atoms with Gasteiger partial charge in [-0.2, -0.15) is 10.5 Å². The Morgan fingerprint density at radius 2 is 2.10 bits per heavy atom. The van der Waals surface area contributed by atoms with Crippen LogP contribution in [0.1, 0.15) is 32.4 Å². The number of allylic oxidation sites excluding steroid dienone is 1. The van der Waals surface area contributed by atoms with Crippen LogP contribution in [0.3, 0.4) is 0 Å². The van der Waals surface area contributed by atoms with Crippen LogP contribution >= 0.6 is 11.8 Å². The average Bonchev–Trinajstić information content (AvgIpc) is 3.13. The highest BCUT2D eigenvalue weighted by Gasteiger charge is 2.44. The number of hydrogen-bond acceptors (Lipinski definition) is 7. The first-order chi connectivity index (χ1) is 13.8. The summed E-state index contributed by atoms with van der Waals surface area (Å²) in [4.78, 5) is 24.6. The predicted octanol–water partition coefficient (Wildman–Crippen LogP) is 2.36. The Morgan fingerprint density at radius 1 is 1.38 bits per heavy atom. The number of hydrogen-bond donors (Lipinski definition) is 2. The minimum Gasteiger partial charge on any atom is -0.454 e. The Balaban J connectivity index is 1.65. The second kappa shape index (κ2) is 8.06. The molecule has 2 N–H and O–H groups in total. The number of rotatable bonds is 5. The molecule has 1 aromatic rings. The topological polar surface area (TPSA) is 124 Å². The van der Waals surface area contributed by atoms with E-state index in [1.54, 1.807) is 19.9 Å². The fourth-order valence-corrected chi connectivity index (χ4v) is 4.21. The molecule has 2 aliphatic rings. The molecule has 2 aliphatic heterocycles. The Bertz CT molecular complexity index is 974. The van der Waals surface area contributed by atoms with Crippen molar-refractivity contribution in [2.75, 3.05) is 12.5 Å². The summed E-state index contributed by atoms with van der Waals surface area (Å²) >= 11 is 1.07. The first kappa shape index (κ1) is 20.6. The Morgan fingerprint density at radius 3 is 2.79 bits per heavy atom. The molecular formula is C20H20N4O4S. The zero-order chi connectivity index (χ0) is 21.2. The molecule has 0 bridgehead atoms. The predicted molar refractivity (Wildman–Crippen MR) is 105 cm³/mol. The quantitative estimate of drug-likeness (QED) is 0.760. The van der Waals surface area contributed by atoms with Crippen molar-refractivity contribution in [2.45, 2.75) is 26.8 Å². The highest BCUT2D eigenvalue weighted by atomic mass is 32.2. The minimum absolute atomic E-state index is 0.0169. The first-order valence-electron chi connectivity index (χ1n) is 8.95. The van der Waals surface area contributed by atoms with Gasteiger partial charge in [0.05, 0.1) is 34.5 Å². The largest absolute Gasteiger partial charge is 0.454 e. The lowest BCUT2D eigenvalue weighted by Crippen LogP contribution is -2.44. The molecule has 3 rings (SSSR count). The van der Waals surface area contributed by atoms with Gasteiger partial charge in [0.1, 0.15) is 5.92 Å². The van der Waals surface area contributed by atoms with E-state index in [4.69, 9.17) is 9.47 Å². The number of amides is 2. The van der Waals surface area contributed by atoms with Crippen LogP contribution in [0.5, 0.6) is 11.5 Å². The molecule has 1 aromatic carbocycles. The molecule has 2 amide bonds. The second-order valence-electron chi connectivity index (χ2n) is 7.28. The van der Waals surface area contributed by atoms with Crippen LogP contribution in [0.15, 0.2) is 28.8 Å². The molecule has 0 saturated heterocycles. The van der Waals surface area contributed by atoms with Gasteiger partial charge in [0.25, 0.3) is 0 Å². The van der Waals surface area contributed by atoms with Crippen molar-refractivity contribution in [3.05, 3.63) is 34.4 Å². The Labute approximate surface area is 172 Å². The monoisotopic (exact) mass is 412 g/mol. The van der Waals surface area contributed by atoms with Gasteiger partial charge in [0.2, 0.25) is 18.6 Å². The molecule has 0 aromatic heterocycles. The van der Waals surface area contributed by atoms with Crippen molar-refractivity contribution in [3.8, 4) is 23.6 Å². The van der Waals surface area contributed by atoms with Crippen LogP contribution in [-0.4, -0.2) is 24.4 Å². The molecule has 0 radical (unpaired) electrons. The summed E-state index contributed by atoms with van der Waals surface area (Å²) in [6.45, 7) is 5.39. The molecule has 0 unspecified atom stereocenters. The zero-order valence-corrected chi connectivity index (χ0v) is 17.1. The average molecular weight is 412 g/mol. The van der Waals surface area contributed by atoms with Crippen molar-refractivity contribution in [2.24, 2.45) is 11.3 Å². The maximum absolute atomic E-state index is 12.4. The summed E-state index contributed by atoms with van der Waals surface area (Å²) < 4.78 is 10.6. The van der Waals surface area contributed by atoms with Crippen LogP contribution in [0.2, 0.25) is 0 Å². The molecule has 150 valence electrons. The summed E-state index contributed by atoms with van der Waals surface area (Å²) in [5.41, 5.74) is 0.239. The fraction of sp³-hybridized carbons (Fsp3) is 0.400. The van der Waals surface area contributed by atoms with Gasteiger partial charge >= 0.3 is 0 Å². The summed E-state index contributed by atoms with van der Waals surface area (Å²) in [5.74, 6) is -0.344. The lowest BCUT2D eigenvalue weighted by molar-refractivity contribution is -0.125. The number of fused-ring (bicyclic) bond motifs is 1.